The molecule has 4 heteroatoms. The lowest BCUT2D eigenvalue weighted by Gasteiger charge is -2.33. The zero-order valence-electron chi connectivity index (χ0n) is 11.0. The van der Waals surface area contributed by atoms with Crippen LogP contribution in [0.1, 0.15) is 26.7 Å². The van der Waals surface area contributed by atoms with Crippen LogP contribution in [0.3, 0.4) is 0 Å². The maximum atomic E-state index is 13.4. The van der Waals surface area contributed by atoms with Crippen LogP contribution in [0.15, 0.2) is 18.2 Å². The zero-order chi connectivity index (χ0) is 13.1. The Morgan fingerprint density at radius 3 is 2.61 bits per heavy atom. The first-order chi connectivity index (χ1) is 8.56. The van der Waals surface area contributed by atoms with Crippen LogP contribution in [0.25, 0.3) is 0 Å². The van der Waals surface area contributed by atoms with Crippen molar-refractivity contribution in [3.63, 3.8) is 0 Å². The first-order valence-corrected chi connectivity index (χ1v) is 6.53. The molecule has 0 radical (unpaired) electrons. The number of benzene rings is 1. The minimum Gasteiger partial charge on any atom is -0.489 e. The lowest BCUT2D eigenvalue weighted by molar-refractivity contribution is 0.242. The summed E-state index contributed by atoms with van der Waals surface area (Å²) in [6.45, 7) is 5.66. The Labute approximate surface area is 108 Å². The van der Waals surface area contributed by atoms with E-state index >= 15 is 0 Å². The van der Waals surface area contributed by atoms with Crippen molar-refractivity contribution in [1.82, 2.24) is 0 Å². The molecule has 0 aromatic heterocycles. The number of hydrogen-bond donors (Lipinski definition) is 1. The number of nitrogens with zero attached hydrogens (tertiary/aromatic N) is 1. The monoisotopic (exact) mass is 252 g/mol. The molecule has 0 spiro atoms. The Kier molecular flexibility index (Phi) is 4.07. The number of piperidine rings is 1. The van der Waals surface area contributed by atoms with Crippen molar-refractivity contribution in [2.75, 3.05) is 18.0 Å². The molecule has 1 aliphatic heterocycles. The SMILES string of the molecule is CC(C)Oc1ccc(F)cc1N1CCC(N)CC1. The summed E-state index contributed by atoms with van der Waals surface area (Å²) in [4.78, 5) is 2.16. The maximum Gasteiger partial charge on any atom is 0.143 e. The van der Waals surface area contributed by atoms with Crippen LogP contribution in [0.5, 0.6) is 5.75 Å². The molecular formula is C14H21FN2O. The minimum absolute atomic E-state index is 0.0845. The van der Waals surface area contributed by atoms with Crippen LogP contribution in [0.2, 0.25) is 0 Å². The van der Waals surface area contributed by atoms with Gasteiger partial charge in [0.05, 0.1) is 11.8 Å². The van der Waals surface area contributed by atoms with E-state index in [2.05, 4.69) is 4.90 Å². The van der Waals surface area contributed by atoms with Crippen molar-refractivity contribution in [2.45, 2.75) is 38.8 Å². The van der Waals surface area contributed by atoms with Gasteiger partial charge in [-0.1, -0.05) is 0 Å². The summed E-state index contributed by atoms with van der Waals surface area (Å²) in [6, 6.07) is 4.97. The molecule has 2 N–H and O–H groups in total. The van der Waals surface area contributed by atoms with Crippen LogP contribution >= 0.6 is 0 Å². The normalized spacial score (nSPS) is 17.3. The summed E-state index contributed by atoms with van der Waals surface area (Å²) in [7, 11) is 0. The molecule has 1 heterocycles. The molecule has 0 unspecified atom stereocenters. The number of nitrogens with two attached hydrogens (primary N) is 1. The highest BCUT2D eigenvalue weighted by Gasteiger charge is 2.20. The van der Waals surface area contributed by atoms with E-state index in [-0.39, 0.29) is 18.0 Å². The summed E-state index contributed by atoms with van der Waals surface area (Å²) < 4.78 is 19.2. The fourth-order valence-electron chi connectivity index (χ4n) is 2.23. The van der Waals surface area contributed by atoms with E-state index in [0.29, 0.717) is 0 Å². The molecule has 2 rings (SSSR count). The predicted molar refractivity (Wildman–Crippen MR) is 71.6 cm³/mol. The molecular weight excluding hydrogens is 231 g/mol. The number of halogens is 1. The van der Waals surface area contributed by atoms with Crippen molar-refractivity contribution in [1.29, 1.82) is 0 Å². The van der Waals surface area contributed by atoms with E-state index in [1.807, 2.05) is 13.8 Å². The molecule has 1 aromatic rings. The van der Waals surface area contributed by atoms with E-state index in [4.69, 9.17) is 10.5 Å². The Balaban J connectivity index is 2.21. The lowest BCUT2D eigenvalue weighted by Crippen LogP contribution is -2.39. The van der Waals surface area contributed by atoms with Gasteiger partial charge in [-0.05, 0) is 38.8 Å². The van der Waals surface area contributed by atoms with Crippen LogP contribution in [-0.2, 0) is 0 Å². The summed E-state index contributed by atoms with van der Waals surface area (Å²) >= 11 is 0. The molecule has 0 amide bonds. The van der Waals surface area contributed by atoms with Crippen LogP contribution in [0.4, 0.5) is 10.1 Å². The van der Waals surface area contributed by atoms with Crippen LogP contribution in [0, 0.1) is 5.82 Å². The van der Waals surface area contributed by atoms with Gasteiger partial charge in [0.15, 0.2) is 0 Å². The number of ether oxygens (including phenoxy) is 1. The second-order valence-corrected chi connectivity index (χ2v) is 5.10. The Bertz CT molecular complexity index is 401. The second-order valence-electron chi connectivity index (χ2n) is 5.10. The summed E-state index contributed by atoms with van der Waals surface area (Å²) in [6.07, 6.45) is 1.97. The Hall–Kier alpha value is -1.29. The molecule has 1 saturated heterocycles. The molecule has 1 aliphatic rings. The Morgan fingerprint density at radius 1 is 1.33 bits per heavy atom. The highest BCUT2D eigenvalue weighted by atomic mass is 19.1. The van der Waals surface area contributed by atoms with Gasteiger partial charge in [-0.3, -0.25) is 0 Å². The van der Waals surface area contributed by atoms with Gasteiger partial charge in [0.2, 0.25) is 0 Å². The fraction of sp³-hybridized carbons (Fsp3) is 0.571. The van der Waals surface area contributed by atoms with Gasteiger partial charge in [-0.15, -0.1) is 0 Å². The topological polar surface area (TPSA) is 38.5 Å². The van der Waals surface area contributed by atoms with E-state index in [9.17, 15) is 4.39 Å². The standard InChI is InChI=1S/C14H21FN2O/c1-10(2)18-14-4-3-11(15)9-13(14)17-7-5-12(16)6-8-17/h3-4,9-10,12H,5-8,16H2,1-2H3. The predicted octanol–water partition coefficient (Wildman–Crippen LogP) is 2.54. The second kappa shape index (κ2) is 5.57. The van der Waals surface area contributed by atoms with Crippen molar-refractivity contribution < 1.29 is 9.13 Å². The molecule has 3 nitrogen and oxygen atoms in total. The zero-order valence-corrected chi connectivity index (χ0v) is 11.0. The molecule has 0 bridgehead atoms. The van der Waals surface area contributed by atoms with Gasteiger partial charge in [0.1, 0.15) is 11.6 Å². The van der Waals surface area contributed by atoms with Gasteiger partial charge in [-0.2, -0.15) is 0 Å². The fourth-order valence-corrected chi connectivity index (χ4v) is 2.23. The van der Waals surface area contributed by atoms with Crippen molar-refractivity contribution in [2.24, 2.45) is 5.73 Å². The third-order valence-electron chi connectivity index (χ3n) is 3.16. The van der Waals surface area contributed by atoms with E-state index in [0.717, 1.165) is 37.4 Å². The average molecular weight is 252 g/mol. The largest absolute Gasteiger partial charge is 0.489 e. The lowest BCUT2D eigenvalue weighted by atomic mass is 10.1. The minimum atomic E-state index is -0.226. The number of anilines is 1. The highest BCUT2D eigenvalue weighted by Crippen LogP contribution is 2.31. The molecule has 0 aliphatic carbocycles. The third-order valence-corrected chi connectivity index (χ3v) is 3.16. The average Bonchev–Trinajstić information content (AvgIpc) is 2.32. The van der Waals surface area contributed by atoms with Crippen molar-refractivity contribution >= 4 is 5.69 Å². The summed E-state index contributed by atoms with van der Waals surface area (Å²) in [5.41, 5.74) is 6.73. The van der Waals surface area contributed by atoms with Gasteiger partial charge >= 0.3 is 0 Å². The first-order valence-electron chi connectivity index (χ1n) is 6.53. The molecule has 100 valence electrons. The van der Waals surface area contributed by atoms with E-state index < -0.39 is 0 Å². The molecule has 1 aromatic carbocycles. The van der Waals surface area contributed by atoms with Gasteiger partial charge in [0, 0.05) is 25.2 Å². The Morgan fingerprint density at radius 2 is 2.00 bits per heavy atom. The van der Waals surface area contributed by atoms with Crippen molar-refractivity contribution in [3.05, 3.63) is 24.0 Å². The molecule has 18 heavy (non-hydrogen) atoms. The first kappa shape index (κ1) is 13.1. The number of rotatable bonds is 3. The quantitative estimate of drug-likeness (QED) is 0.898. The third kappa shape index (κ3) is 3.13. The van der Waals surface area contributed by atoms with Gasteiger partial charge in [-0.25, -0.2) is 4.39 Å². The molecule has 1 fully saturated rings. The van der Waals surface area contributed by atoms with Crippen molar-refractivity contribution in [3.8, 4) is 5.75 Å². The summed E-state index contributed by atoms with van der Waals surface area (Å²) in [5.74, 6) is 0.526. The van der Waals surface area contributed by atoms with Gasteiger partial charge < -0.3 is 15.4 Å². The van der Waals surface area contributed by atoms with Gasteiger partial charge in [0.25, 0.3) is 0 Å². The number of hydrogen-bond acceptors (Lipinski definition) is 3. The van der Waals surface area contributed by atoms with E-state index in [1.54, 1.807) is 12.1 Å². The van der Waals surface area contributed by atoms with Crippen LogP contribution in [-0.4, -0.2) is 25.2 Å². The van der Waals surface area contributed by atoms with Crippen LogP contribution < -0.4 is 15.4 Å². The molecule has 0 saturated carbocycles. The highest BCUT2D eigenvalue weighted by molar-refractivity contribution is 5.59. The van der Waals surface area contributed by atoms with E-state index in [1.165, 1.54) is 6.07 Å². The summed E-state index contributed by atoms with van der Waals surface area (Å²) in [5, 5.41) is 0. The maximum absolute atomic E-state index is 13.4. The smallest absolute Gasteiger partial charge is 0.143 e. The molecule has 0 atom stereocenters.